The number of benzene rings is 1. The summed E-state index contributed by atoms with van der Waals surface area (Å²) in [5, 5.41) is 6.23. The van der Waals surface area contributed by atoms with Gasteiger partial charge >= 0.3 is 5.97 Å². The number of carbonyl (C=O) groups excluding carboxylic acids is 3. The zero-order valence-electron chi connectivity index (χ0n) is 15.4. The number of amides is 2. The van der Waals surface area contributed by atoms with Gasteiger partial charge in [0.05, 0.1) is 15.7 Å². The Hall–Kier alpha value is -2.35. The lowest BCUT2D eigenvalue weighted by Crippen LogP contribution is -2.25. The number of halogens is 3. The highest BCUT2D eigenvalue weighted by Crippen LogP contribution is 2.25. The first-order valence-corrected chi connectivity index (χ1v) is 9.71. The number of nitrogens with one attached hydrogen (secondary N) is 2. The normalized spacial score (nSPS) is 10.3. The van der Waals surface area contributed by atoms with Crippen LogP contribution in [-0.2, 0) is 14.3 Å². The van der Waals surface area contributed by atoms with Crippen molar-refractivity contribution in [2.75, 3.05) is 18.5 Å². The molecule has 1 aromatic carbocycles. The van der Waals surface area contributed by atoms with Crippen LogP contribution in [-0.4, -0.2) is 35.9 Å². The number of aryl methyl sites for hydroxylation is 1. The third kappa shape index (κ3) is 7.53. The molecule has 0 bridgehead atoms. The second-order valence-corrected chi connectivity index (χ2v) is 7.21. The molecule has 0 saturated carbocycles. The summed E-state index contributed by atoms with van der Waals surface area (Å²) in [4.78, 5) is 39.6. The molecule has 1 aromatic heterocycles. The molecular weight excluding hydrogens is 441 g/mol. The lowest BCUT2D eigenvalue weighted by atomic mass is 10.2. The van der Waals surface area contributed by atoms with Crippen LogP contribution in [0.1, 0.15) is 28.9 Å². The lowest BCUT2D eigenvalue weighted by Gasteiger charge is -2.09. The molecule has 0 fully saturated rings. The Morgan fingerprint density at radius 2 is 1.76 bits per heavy atom. The SMILES string of the molecule is Cc1nc(NC(=O)COC(=O)CCCNC(=O)c2ccc(Cl)cc2)c(Cl)cc1Cl. The Labute approximate surface area is 182 Å². The predicted molar refractivity (Wildman–Crippen MR) is 112 cm³/mol. The minimum absolute atomic E-state index is 0.0488. The van der Waals surface area contributed by atoms with Crippen molar-refractivity contribution in [1.29, 1.82) is 0 Å². The zero-order valence-corrected chi connectivity index (χ0v) is 17.7. The maximum Gasteiger partial charge on any atom is 0.306 e. The van der Waals surface area contributed by atoms with Gasteiger partial charge in [-0.1, -0.05) is 34.8 Å². The molecule has 0 aliphatic heterocycles. The third-order valence-corrected chi connectivity index (χ3v) is 4.60. The largest absolute Gasteiger partial charge is 0.456 e. The monoisotopic (exact) mass is 457 g/mol. The van der Waals surface area contributed by atoms with E-state index >= 15 is 0 Å². The van der Waals surface area contributed by atoms with Crippen LogP contribution in [0.25, 0.3) is 0 Å². The minimum Gasteiger partial charge on any atom is -0.456 e. The molecule has 2 rings (SSSR count). The summed E-state index contributed by atoms with van der Waals surface area (Å²) in [6, 6.07) is 7.91. The summed E-state index contributed by atoms with van der Waals surface area (Å²) in [6.45, 7) is 1.47. The van der Waals surface area contributed by atoms with E-state index in [9.17, 15) is 14.4 Å². The van der Waals surface area contributed by atoms with Crippen molar-refractivity contribution in [1.82, 2.24) is 10.3 Å². The van der Waals surface area contributed by atoms with Crippen molar-refractivity contribution in [3.8, 4) is 0 Å². The number of esters is 1. The van der Waals surface area contributed by atoms with E-state index in [2.05, 4.69) is 15.6 Å². The van der Waals surface area contributed by atoms with Crippen molar-refractivity contribution >= 4 is 58.4 Å². The Morgan fingerprint density at radius 3 is 2.45 bits per heavy atom. The van der Waals surface area contributed by atoms with E-state index in [1.165, 1.54) is 6.07 Å². The Balaban J connectivity index is 1.66. The number of rotatable bonds is 8. The first kappa shape index (κ1) is 22.9. The van der Waals surface area contributed by atoms with Crippen LogP contribution in [0.3, 0.4) is 0 Å². The standard InChI is InChI=1S/C19H18Cl3N3O4/c1-11-14(21)9-15(22)18(24-11)25-16(26)10-29-17(27)3-2-8-23-19(28)12-4-6-13(20)7-5-12/h4-7,9H,2-3,8,10H2,1H3,(H,23,28)(H,24,25,26). The highest BCUT2D eigenvalue weighted by Gasteiger charge is 2.12. The van der Waals surface area contributed by atoms with Crippen LogP contribution < -0.4 is 10.6 Å². The number of nitrogens with zero attached hydrogens (tertiary/aromatic N) is 1. The van der Waals surface area contributed by atoms with Gasteiger partial charge < -0.3 is 15.4 Å². The second kappa shape index (κ2) is 11.0. The quantitative estimate of drug-likeness (QED) is 0.459. The van der Waals surface area contributed by atoms with E-state index in [1.54, 1.807) is 31.2 Å². The smallest absolute Gasteiger partial charge is 0.306 e. The Kier molecular flexibility index (Phi) is 8.70. The molecule has 0 saturated heterocycles. The van der Waals surface area contributed by atoms with Crippen LogP contribution >= 0.6 is 34.8 Å². The minimum atomic E-state index is -0.578. The summed E-state index contributed by atoms with van der Waals surface area (Å²) in [6.07, 6.45) is 0.413. The number of pyridine rings is 1. The molecular formula is C19H18Cl3N3O4. The number of carbonyl (C=O) groups is 3. The maximum atomic E-state index is 11.9. The fraction of sp³-hybridized carbons (Fsp3) is 0.263. The van der Waals surface area contributed by atoms with Gasteiger partial charge in [-0.3, -0.25) is 14.4 Å². The molecule has 0 aliphatic carbocycles. The van der Waals surface area contributed by atoms with Crippen LogP contribution in [0, 0.1) is 6.92 Å². The highest BCUT2D eigenvalue weighted by molar-refractivity contribution is 6.36. The molecule has 7 nitrogen and oxygen atoms in total. The first-order chi connectivity index (χ1) is 13.8. The predicted octanol–water partition coefficient (Wildman–Crippen LogP) is 4.04. The topological polar surface area (TPSA) is 97.4 Å². The zero-order chi connectivity index (χ0) is 21.4. The number of aromatic nitrogens is 1. The van der Waals surface area contributed by atoms with Gasteiger partial charge in [-0.05, 0) is 43.7 Å². The molecule has 0 radical (unpaired) electrons. The molecule has 0 aliphatic rings. The van der Waals surface area contributed by atoms with Crippen molar-refractivity contribution in [2.45, 2.75) is 19.8 Å². The van der Waals surface area contributed by atoms with Gasteiger partial charge in [-0.25, -0.2) is 4.98 Å². The third-order valence-electron chi connectivity index (χ3n) is 3.68. The number of hydrogen-bond acceptors (Lipinski definition) is 5. The molecule has 2 aromatic rings. The van der Waals surface area contributed by atoms with E-state index in [1.807, 2.05) is 0 Å². The molecule has 0 spiro atoms. The molecule has 2 amide bonds. The van der Waals surface area contributed by atoms with E-state index in [-0.39, 0.29) is 29.7 Å². The molecule has 10 heteroatoms. The molecule has 1 heterocycles. The summed E-state index contributed by atoms with van der Waals surface area (Å²) in [5.41, 5.74) is 0.974. The summed E-state index contributed by atoms with van der Waals surface area (Å²) >= 11 is 17.6. The number of hydrogen-bond donors (Lipinski definition) is 2. The van der Waals surface area contributed by atoms with Crippen molar-refractivity contribution in [2.24, 2.45) is 0 Å². The average molecular weight is 459 g/mol. The van der Waals surface area contributed by atoms with Crippen molar-refractivity contribution < 1.29 is 19.1 Å². The molecule has 29 heavy (non-hydrogen) atoms. The van der Waals surface area contributed by atoms with Gasteiger partial charge in [0.2, 0.25) is 0 Å². The highest BCUT2D eigenvalue weighted by atomic mass is 35.5. The number of anilines is 1. The van der Waals surface area contributed by atoms with Gasteiger partial charge in [0.25, 0.3) is 11.8 Å². The van der Waals surface area contributed by atoms with Crippen molar-refractivity contribution in [3.05, 3.63) is 56.7 Å². The van der Waals surface area contributed by atoms with Crippen molar-refractivity contribution in [3.63, 3.8) is 0 Å². The fourth-order valence-electron chi connectivity index (χ4n) is 2.17. The van der Waals surface area contributed by atoms with E-state index < -0.39 is 18.5 Å². The summed E-state index contributed by atoms with van der Waals surface area (Å²) < 4.78 is 4.90. The lowest BCUT2D eigenvalue weighted by molar-refractivity contribution is -0.147. The summed E-state index contributed by atoms with van der Waals surface area (Å²) in [7, 11) is 0. The average Bonchev–Trinajstić information content (AvgIpc) is 2.68. The van der Waals surface area contributed by atoms with Gasteiger partial charge in [0.1, 0.15) is 0 Å². The fourth-order valence-corrected chi connectivity index (χ4v) is 2.70. The summed E-state index contributed by atoms with van der Waals surface area (Å²) in [5.74, 6) is -1.27. The number of ether oxygens (including phenoxy) is 1. The van der Waals surface area contributed by atoms with Gasteiger partial charge in [-0.2, -0.15) is 0 Å². The Morgan fingerprint density at radius 1 is 1.07 bits per heavy atom. The van der Waals surface area contributed by atoms with Gasteiger partial charge in [0.15, 0.2) is 12.4 Å². The van der Waals surface area contributed by atoms with Gasteiger partial charge in [0, 0.05) is 23.6 Å². The van der Waals surface area contributed by atoms with E-state index in [0.717, 1.165) is 0 Å². The molecule has 154 valence electrons. The van der Waals surface area contributed by atoms with E-state index in [4.69, 9.17) is 39.5 Å². The van der Waals surface area contributed by atoms with Crippen LogP contribution in [0.4, 0.5) is 5.82 Å². The molecule has 2 N–H and O–H groups in total. The Bertz CT molecular complexity index is 904. The first-order valence-electron chi connectivity index (χ1n) is 8.58. The van der Waals surface area contributed by atoms with Gasteiger partial charge in [-0.15, -0.1) is 0 Å². The van der Waals surface area contributed by atoms with Crippen LogP contribution in [0.2, 0.25) is 15.1 Å². The molecule has 0 atom stereocenters. The van der Waals surface area contributed by atoms with Crippen LogP contribution in [0.15, 0.2) is 30.3 Å². The van der Waals surface area contributed by atoms with E-state index in [0.29, 0.717) is 27.7 Å². The molecule has 0 unspecified atom stereocenters. The van der Waals surface area contributed by atoms with Crippen LogP contribution in [0.5, 0.6) is 0 Å². The maximum absolute atomic E-state index is 11.9. The second-order valence-electron chi connectivity index (χ2n) is 5.96.